The molecule has 0 bridgehead atoms. The molecule has 3 heterocycles. The van der Waals surface area contributed by atoms with Gasteiger partial charge in [0.1, 0.15) is 5.69 Å². The summed E-state index contributed by atoms with van der Waals surface area (Å²) in [6, 6.07) is 10.9. The first kappa shape index (κ1) is 16.1. The lowest BCUT2D eigenvalue weighted by Crippen LogP contribution is -2.38. The molecule has 0 radical (unpaired) electrons. The molecule has 1 atom stereocenters. The molecule has 1 aromatic carbocycles. The highest BCUT2D eigenvalue weighted by atomic mass is 35.5. The number of H-pyrrole nitrogens is 1. The molecule has 2 aromatic heterocycles. The average Bonchev–Trinajstić information content (AvgIpc) is 3.20. The van der Waals surface area contributed by atoms with Gasteiger partial charge < -0.3 is 15.0 Å². The molecule has 0 saturated carbocycles. The van der Waals surface area contributed by atoms with Crippen molar-refractivity contribution in [2.24, 2.45) is 0 Å². The van der Waals surface area contributed by atoms with Gasteiger partial charge in [0.25, 0.3) is 5.91 Å². The number of likely N-dealkylation sites (tertiary alicyclic amines) is 1. The number of nitrogens with one attached hydrogen (secondary N) is 1. The molecule has 7 heteroatoms. The van der Waals surface area contributed by atoms with Crippen LogP contribution >= 0.6 is 11.6 Å². The van der Waals surface area contributed by atoms with Crippen molar-refractivity contribution in [3.8, 4) is 0 Å². The van der Waals surface area contributed by atoms with Crippen LogP contribution in [0.1, 0.15) is 22.5 Å². The molecule has 1 saturated heterocycles. The van der Waals surface area contributed by atoms with E-state index in [0.717, 1.165) is 11.1 Å². The van der Waals surface area contributed by atoms with Crippen LogP contribution in [0.25, 0.3) is 11.2 Å². The summed E-state index contributed by atoms with van der Waals surface area (Å²) in [6.07, 6.45) is 2.53. The van der Waals surface area contributed by atoms with Gasteiger partial charge in [-0.2, -0.15) is 0 Å². The Morgan fingerprint density at radius 2 is 2.24 bits per heavy atom. The van der Waals surface area contributed by atoms with E-state index in [-0.39, 0.29) is 12.5 Å². The highest BCUT2D eigenvalue weighted by Gasteiger charge is 2.38. The number of benzene rings is 1. The summed E-state index contributed by atoms with van der Waals surface area (Å²) in [4.78, 5) is 25.7. The van der Waals surface area contributed by atoms with E-state index < -0.39 is 5.60 Å². The zero-order chi connectivity index (χ0) is 17.4. The van der Waals surface area contributed by atoms with Gasteiger partial charge in [-0.15, -0.1) is 0 Å². The van der Waals surface area contributed by atoms with E-state index in [4.69, 9.17) is 11.6 Å². The Labute approximate surface area is 149 Å². The minimum absolute atomic E-state index is 0.188. The highest BCUT2D eigenvalue weighted by molar-refractivity contribution is 6.30. The van der Waals surface area contributed by atoms with Crippen molar-refractivity contribution >= 4 is 28.7 Å². The number of rotatable bonds is 3. The zero-order valence-corrected chi connectivity index (χ0v) is 14.2. The van der Waals surface area contributed by atoms with E-state index >= 15 is 0 Å². The fourth-order valence-corrected chi connectivity index (χ4v) is 3.52. The Bertz CT molecular complexity index is 941. The number of aromatic nitrogens is 3. The van der Waals surface area contributed by atoms with E-state index in [9.17, 15) is 9.90 Å². The van der Waals surface area contributed by atoms with Gasteiger partial charge in [0, 0.05) is 18.0 Å². The number of nitrogens with zero attached hydrogens (tertiary/aromatic N) is 3. The van der Waals surface area contributed by atoms with Crippen LogP contribution in [0.5, 0.6) is 0 Å². The molecule has 0 spiro atoms. The number of fused-ring (bicyclic) bond motifs is 1. The number of carbonyl (C=O) groups is 1. The predicted octanol–water partition coefficient (Wildman–Crippen LogP) is 2.43. The first-order valence-corrected chi connectivity index (χ1v) is 8.46. The molecule has 6 nitrogen and oxygen atoms in total. The summed E-state index contributed by atoms with van der Waals surface area (Å²) in [5.74, 6) is -0.188. The van der Waals surface area contributed by atoms with Gasteiger partial charge >= 0.3 is 0 Å². The Hall–Kier alpha value is -2.44. The maximum Gasteiger partial charge on any atom is 0.272 e. The first-order valence-electron chi connectivity index (χ1n) is 8.09. The van der Waals surface area contributed by atoms with Crippen LogP contribution in [0.15, 0.2) is 42.7 Å². The Morgan fingerprint density at radius 3 is 3.08 bits per heavy atom. The van der Waals surface area contributed by atoms with Crippen molar-refractivity contribution in [3.63, 3.8) is 0 Å². The molecule has 1 fully saturated rings. The fourth-order valence-electron chi connectivity index (χ4n) is 3.30. The number of β-amino-alcohol motifs (C(OH)–C–C–N with tert-alkyl or cyclic N) is 1. The monoisotopic (exact) mass is 356 g/mol. The maximum absolute atomic E-state index is 12.7. The van der Waals surface area contributed by atoms with Crippen LogP contribution in [-0.2, 0) is 6.42 Å². The van der Waals surface area contributed by atoms with Crippen molar-refractivity contribution in [3.05, 3.63) is 59.0 Å². The van der Waals surface area contributed by atoms with Crippen LogP contribution in [0, 0.1) is 0 Å². The number of aromatic amines is 1. The molecule has 3 aromatic rings. The molecule has 4 rings (SSSR count). The lowest BCUT2D eigenvalue weighted by atomic mass is 9.94. The van der Waals surface area contributed by atoms with E-state index in [2.05, 4.69) is 15.0 Å². The molecular formula is C18H17ClN4O2. The minimum Gasteiger partial charge on any atom is -0.388 e. The number of pyridine rings is 1. The highest BCUT2D eigenvalue weighted by Crippen LogP contribution is 2.27. The number of halogens is 1. The van der Waals surface area contributed by atoms with E-state index in [0.29, 0.717) is 35.8 Å². The number of hydrogen-bond acceptors (Lipinski definition) is 4. The predicted molar refractivity (Wildman–Crippen MR) is 94.5 cm³/mol. The summed E-state index contributed by atoms with van der Waals surface area (Å²) < 4.78 is 0. The molecule has 1 amide bonds. The topological polar surface area (TPSA) is 82.1 Å². The van der Waals surface area contributed by atoms with Crippen LogP contribution in [0.3, 0.4) is 0 Å². The number of carbonyl (C=O) groups excluding carboxylic acids is 1. The number of amides is 1. The third-order valence-corrected chi connectivity index (χ3v) is 4.78. The SMILES string of the molecule is O=C(c1ccc2[nH]cnc2n1)N1CCC(O)(Cc2cccc(Cl)c2)C1. The van der Waals surface area contributed by atoms with Gasteiger partial charge in [0.05, 0.1) is 24.0 Å². The van der Waals surface area contributed by atoms with Crippen LogP contribution < -0.4 is 0 Å². The first-order chi connectivity index (χ1) is 12.0. The molecule has 2 N–H and O–H groups in total. The maximum atomic E-state index is 12.7. The van der Waals surface area contributed by atoms with Gasteiger partial charge in [-0.3, -0.25) is 4.79 Å². The summed E-state index contributed by atoms with van der Waals surface area (Å²) in [6.45, 7) is 0.773. The van der Waals surface area contributed by atoms with Gasteiger partial charge in [-0.05, 0) is 36.2 Å². The van der Waals surface area contributed by atoms with Crippen molar-refractivity contribution in [2.75, 3.05) is 13.1 Å². The van der Waals surface area contributed by atoms with Gasteiger partial charge in [0.15, 0.2) is 5.65 Å². The lowest BCUT2D eigenvalue weighted by molar-refractivity contribution is 0.0443. The van der Waals surface area contributed by atoms with Crippen LogP contribution in [0.2, 0.25) is 5.02 Å². The Kier molecular flexibility index (Phi) is 3.94. The zero-order valence-electron chi connectivity index (χ0n) is 13.4. The molecule has 1 aliphatic heterocycles. The van der Waals surface area contributed by atoms with Gasteiger partial charge in [0.2, 0.25) is 0 Å². The Morgan fingerprint density at radius 1 is 1.36 bits per heavy atom. The van der Waals surface area contributed by atoms with Crippen LogP contribution in [0.4, 0.5) is 0 Å². The smallest absolute Gasteiger partial charge is 0.272 e. The molecule has 128 valence electrons. The largest absolute Gasteiger partial charge is 0.388 e. The molecule has 0 aliphatic carbocycles. The van der Waals surface area contributed by atoms with E-state index in [1.807, 2.05) is 18.2 Å². The summed E-state index contributed by atoms with van der Waals surface area (Å²) >= 11 is 6.01. The quantitative estimate of drug-likeness (QED) is 0.755. The van der Waals surface area contributed by atoms with Crippen molar-refractivity contribution in [1.82, 2.24) is 19.9 Å². The summed E-state index contributed by atoms with van der Waals surface area (Å²) in [5, 5.41) is 11.5. The van der Waals surface area contributed by atoms with E-state index in [1.165, 1.54) is 0 Å². The molecule has 1 unspecified atom stereocenters. The number of hydrogen-bond donors (Lipinski definition) is 2. The van der Waals surface area contributed by atoms with Crippen molar-refractivity contribution < 1.29 is 9.90 Å². The van der Waals surface area contributed by atoms with Crippen LogP contribution in [-0.4, -0.2) is 49.6 Å². The second kappa shape index (κ2) is 6.13. The standard InChI is InChI=1S/C18H17ClN4O2/c19-13-3-1-2-12(8-13)9-18(25)6-7-23(10-18)17(24)15-5-4-14-16(22-15)21-11-20-14/h1-5,8,11,25H,6-7,9-10H2,(H,20,21,22). The van der Waals surface area contributed by atoms with Gasteiger partial charge in [-0.25, -0.2) is 9.97 Å². The average molecular weight is 357 g/mol. The minimum atomic E-state index is -0.948. The fraction of sp³-hybridized carbons (Fsp3) is 0.278. The second-order valence-electron chi connectivity index (χ2n) is 6.48. The third kappa shape index (κ3) is 3.23. The van der Waals surface area contributed by atoms with Crippen molar-refractivity contribution in [1.29, 1.82) is 0 Å². The van der Waals surface area contributed by atoms with E-state index in [1.54, 1.807) is 29.4 Å². The van der Waals surface area contributed by atoms with Crippen molar-refractivity contribution in [2.45, 2.75) is 18.4 Å². The lowest BCUT2D eigenvalue weighted by Gasteiger charge is -2.23. The summed E-state index contributed by atoms with van der Waals surface area (Å²) in [7, 11) is 0. The number of imidazole rings is 1. The number of aliphatic hydroxyl groups is 1. The second-order valence-corrected chi connectivity index (χ2v) is 6.91. The van der Waals surface area contributed by atoms with Gasteiger partial charge in [-0.1, -0.05) is 23.7 Å². The summed E-state index contributed by atoms with van der Waals surface area (Å²) in [5.41, 5.74) is 1.65. The Balaban J connectivity index is 1.50. The molecule has 1 aliphatic rings. The molecule has 25 heavy (non-hydrogen) atoms. The molecular weight excluding hydrogens is 340 g/mol. The third-order valence-electron chi connectivity index (χ3n) is 4.54. The normalized spacial score (nSPS) is 20.3.